The standard InChI is InChI=1S/C55H77N5O2/c1-52(2)19-20-53(3,4)49-37-43(16-17-47(49)52)51-39-46(60-31-27-58(28-32-60)24-9-11-34-62)38-44(56-51)40-55(7)22-21-54(5,6)50-36-42(15-18-48(50)55)41-13-12-14-45(35-41)59-29-25-57(26-30-59)23-8-10-33-61/h12-18,35-39,61-62H,8-11,19-34,40H2,1-7H3. The predicted molar refractivity (Wildman–Crippen MR) is 260 cm³/mol. The Morgan fingerprint density at radius 3 is 1.63 bits per heavy atom. The van der Waals surface area contributed by atoms with E-state index < -0.39 is 0 Å². The average Bonchev–Trinajstić information content (AvgIpc) is 3.27. The average molecular weight is 840 g/mol. The lowest BCUT2D eigenvalue weighted by molar-refractivity contribution is 0.232. The highest BCUT2D eigenvalue weighted by atomic mass is 16.3. The second-order valence-corrected chi connectivity index (χ2v) is 21.7. The highest BCUT2D eigenvalue weighted by Crippen LogP contribution is 2.50. The molecular weight excluding hydrogens is 763 g/mol. The zero-order valence-electron chi connectivity index (χ0n) is 39.4. The molecule has 8 rings (SSSR count). The number of pyridine rings is 1. The van der Waals surface area contributed by atoms with Crippen LogP contribution in [0.3, 0.4) is 0 Å². The van der Waals surface area contributed by atoms with Gasteiger partial charge in [-0.2, -0.15) is 0 Å². The van der Waals surface area contributed by atoms with E-state index in [1.54, 1.807) is 0 Å². The third-order valence-corrected chi connectivity index (χ3v) is 15.7. The van der Waals surface area contributed by atoms with Crippen molar-refractivity contribution in [2.45, 2.75) is 128 Å². The van der Waals surface area contributed by atoms with Gasteiger partial charge in [0.15, 0.2) is 0 Å². The van der Waals surface area contributed by atoms with Crippen molar-refractivity contribution in [1.82, 2.24) is 14.8 Å². The number of aliphatic hydroxyl groups is 2. The van der Waals surface area contributed by atoms with E-state index in [2.05, 4.69) is 141 Å². The van der Waals surface area contributed by atoms with Crippen LogP contribution < -0.4 is 9.80 Å². The van der Waals surface area contributed by atoms with Crippen molar-refractivity contribution in [3.63, 3.8) is 0 Å². The van der Waals surface area contributed by atoms with Crippen LogP contribution in [0, 0.1) is 0 Å². The van der Waals surface area contributed by atoms with Crippen molar-refractivity contribution in [2.75, 3.05) is 88.5 Å². The van der Waals surface area contributed by atoms with Crippen molar-refractivity contribution in [1.29, 1.82) is 0 Å². The smallest absolute Gasteiger partial charge is 0.0726 e. The first-order valence-corrected chi connectivity index (χ1v) is 24.3. The SMILES string of the molecule is CC1(C)CCC(C)(C)c2cc(-c3cc(N4CCN(CCCCO)CC4)cc(CC4(C)CCC(C)(C)c5cc(-c6cccc(N7CCN(CCCCO)CC7)c6)ccc54)n3)ccc21. The maximum atomic E-state index is 9.37. The van der Waals surface area contributed by atoms with Crippen molar-refractivity contribution in [3.05, 3.63) is 101 Å². The number of anilines is 2. The Morgan fingerprint density at radius 2 is 1.00 bits per heavy atom. The quantitative estimate of drug-likeness (QED) is 0.123. The van der Waals surface area contributed by atoms with Crippen molar-refractivity contribution in [2.24, 2.45) is 0 Å². The van der Waals surface area contributed by atoms with Gasteiger partial charge in [0.25, 0.3) is 0 Å². The van der Waals surface area contributed by atoms with Crippen molar-refractivity contribution >= 4 is 11.4 Å². The summed E-state index contributed by atoms with van der Waals surface area (Å²) < 4.78 is 0. The Bertz CT molecular complexity index is 2160. The normalized spacial score (nSPS) is 22.3. The Morgan fingerprint density at radius 1 is 0.484 bits per heavy atom. The van der Waals surface area contributed by atoms with Gasteiger partial charge in [0, 0.05) is 88.2 Å². The highest BCUT2D eigenvalue weighted by Gasteiger charge is 2.41. The van der Waals surface area contributed by atoms with Crippen LogP contribution in [0.5, 0.6) is 0 Å². The first-order valence-electron chi connectivity index (χ1n) is 24.3. The van der Waals surface area contributed by atoms with Gasteiger partial charge in [-0.25, -0.2) is 0 Å². The summed E-state index contributed by atoms with van der Waals surface area (Å²) in [6, 6.07) is 28.7. The van der Waals surface area contributed by atoms with E-state index in [-0.39, 0.29) is 34.9 Å². The monoisotopic (exact) mass is 840 g/mol. The number of piperazine rings is 2. The Kier molecular flexibility index (Phi) is 13.3. The summed E-state index contributed by atoms with van der Waals surface area (Å²) in [5, 5.41) is 18.6. The lowest BCUT2D eigenvalue weighted by Crippen LogP contribution is -2.46. The molecule has 62 heavy (non-hydrogen) atoms. The molecule has 0 saturated carbocycles. The molecule has 3 aromatic carbocycles. The van der Waals surface area contributed by atoms with Gasteiger partial charge in [0.05, 0.1) is 5.69 Å². The van der Waals surface area contributed by atoms with Crippen LogP contribution in [-0.2, 0) is 28.1 Å². The molecule has 4 aromatic rings. The number of aromatic nitrogens is 1. The van der Waals surface area contributed by atoms with Gasteiger partial charge in [-0.3, -0.25) is 14.8 Å². The molecule has 0 bridgehead atoms. The number of rotatable bonds is 14. The molecule has 334 valence electrons. The van der Waals surface area contributed by atoms with Crippen LogP contribution in [0.1, 0.15) is 128 Å². The summed E-state index contributed by atoms with van der Waals surface area (Å²) in [5.74, 6) is 0. The van der Waals surface area contributed by atoms with E-state index in [0.717, 1.165) is 116 Å². The van der Waals surface area contributed by atoms with E-state index in [4.69, 9.17) is 4.98 Å². The van der Waals surface area contributed by atoms with Crippen LogP contribution >= 0.6 is 0 Å². The molecule has 1 aromatic heterocycles. The van der Waals surface area contributed by atoms with Gasteiger partial charge in [-0.05, 0) is 156 Å². The number of nitrogens with zero attached hydrogens (tertiary/aromatic N) is 5. The largest absolute Gasteiger partial charge is 0.396 e. The van der Waals surface area contributed by atoms with Crippen LogP contribution in [-0.4, -0.2) is 104 Å². The fraction of sp³-hybridized carbons (Fsp3) is 0.582. The molecule has 0 spiro atoms. The Balaban J connectivity index is 1.09. The third-order valence-electron chi connectivity index (χ3n) is 15.7. The molecule has 0 radical (unpaired) electrons. The molecule has 0 amide bonds. The maximum absolute atomic E-state index is 9.37. The first-order chi connectivity index (χ1) is 29.7. The zero-order chi connectivity index (χ0) is 43.7. The summed E-state index contributed by atoms with van der Waals surface area (Å²) in [5.41, 5.74) is 15.0. The highest BCUT2D eigenvalue weighted by molar-refractivity contribution is 5.71. The molecule has 1 atom stereocenters. The number of aliphatic hydroxyl groups excluding tert-OH is 2. The summed E-state index contributed by atoms with van der Waals surface area (Å²) in [7, 11) is 0. The number of unbranched alkanes of at least 4 members (excludes halogenated alkanes) is 2. The minimum atomic E-state index is -0.0434. The molecular formula is C55H77N5O2. The number of benzene rings is 3. The van der Waals surface area contributed by atoms with Crippen LogP contribution in [0.25, 0.3) is 22.4 Å². The summed E-state index contributed by atoms with van der Waals surface area (Å²) in [4.78, 5) is 15.9. The van der Waals surface area contributed by atoms with Crippen molar-refractivity contribution < 1.29 is 10.2 Å². The number of fused-ring (bicyclic) bond motifs is 2. The molecule has 2 N–H and O–H groups in total. The summed E-state index contributed by atoms with van der Waals surface area (Å²) in [6.07, 6.45) is 9.49. The van der Waals surface area contributed by atoms with E-state index in [1.165, 1.54) is 68.9 Å². The number of hydrogen-bond donors (Lipinski definition) is 2. The third kappa shape index (κ3) is 9.67. The fourth-order valence-electron chi connectivity index (χ4n) is 11.2. The fourth-order valence-corrected chi connectivity index (χ4v) is 11.2. The minimum absolute atomic E-state index is 0.0434. The van der Waals surface area contributed by atoms with Gasteiger partial charge >= 0.3 is 0 Å². The van der Waals surface area contributed by atoms with Gasteiger partial charge in [0.1, 0.15) is 0 Å². The molecule has 2 saturated heterocycles. The van der Waals surface area contributed by atoms with Gasteiger partial charge < -0.3 is 20.0 Å². The molecule has 3 heterocycles. The van der Waals surface area contributed by atoms with E-state index in [9.17, 15) is 10.2 Å². The predicted octanol–water partition coefficient (Wildman–Crippen LogP) is 10.1. The lowest BCUT2D eigenvalue weighted by atomic mass is 9.60. The van der Waals surface area contributed by atoms with E-state index in [0.29, 0.717) is 0 Å². The molecule has 2 aliphatic carbocycles. The Hall–Kier alpha value is -3.75. The first kappa shape index (κ1) is 44.8. The minimum Gasteiger partial charge on any atom is -0.396 e. The second kappa shape index (κ2) is 18.4. The summed E-state index contributed by atoms with van der Waals surface area (Å²) in [6.45, 7) is 28.2. The molecule has 7 heteroatoms. The van der Waals surface area contributed by atoms with Crippen LogP contribution in [0.2, 0.25) is 0 Å². The molecule has 1 unspecified atom stereocenters. The summed E-state index contributed by atoms with van der Waals surface area (Å²) >= 11 is 0. The molecule has 4 aliphatic rings. The lowest BCUT2D eigenvalue weighted by Gasteiger charge is -2.44. The molecule has 2 aliphatic heterocycles. The van der Waals surface area contributed by atoms with Crippen LogP contribution in [0.4, 0.5) is 11.4 Å². The second-order valence-electron chi connectivity index (χ2n) is 21.7. The van der Waals surface area contributed by atoms with E-state index >= 15 is 0 Å². The van der Waals surface area contributed by atoms with Gasteiger partial charge in [-0.15, -0.1) is 0 Å². The molecule has 7 nitrogen and oxygen atoms in total. The van der Waals surface area contributed by atoms with Crippen LogP contribution in [0.15, 0.2) is 72.8 Å². The van der Waals surface area contributed by atoms with Gasteiger partial charge in [-0.1, -0.05) is 90.9 Å². The van der Waals surface area contributed by atoms with E-state index in [1.807, 2.05) is 0 Å². The topological polar surface area (TPSA) is 66.3 Å². The van der Waals surface area contributed by atoms with Gasteiger partial charge in [0.2, 0.25) is 0 Å². The number of hydrogen-bond acceptors (Lipinski definition) is 7. The zero-order valence-corrected chi connectivity index (χ0v) is 39.4. The Labute approximate surface area is 374 Å². The maximum Gasteiger partial charge on any atom is 0.0726 e. The van der Waals surface area contributed by atoms with Crippen molar-refractivity contribution in [3.8, 4) is 22.4 Å². The molecule has 2 fully saturated rings.